The Kier molecular flexibility index (Phi) is 6.03. The maximum atomic E-state index is 12.1. The van der Waals surface area contributed by atoms with Gasteiger partial charge in [0.25, 0.3) is 0 Å². The van der Waals surface area contributed by atoms with Crippen molar-refractivity contribution < 1.29 is 9.53 Å². The lowest BCUT2D eigenvalue weighted by Gasteiger charge is -2.08. The van der Waals surface area contributed by atoms with Gasteiger partial charge >= 0.3 is 0 Å². The van der Waals surface area contributed by atoms with E-state index >= 15 is 0 Å². The number of nitrogens with zero attached hydrogens (tertiary/aromatic N) is 4. The lowest BCUT2D eigenvalue weighted by molar-refractivity contribution is -0.113. The zero-order valence-corrected chi connectivity index (χ0v) is 15.7. The molecule has 26 heavy (non-hydrogen) atoms. The molecule has 3 rings (SSSR count). The van der Waals surface area contributed by atoms with Gasteiger partial charge in [-0.3, -0.25) is 9.36 Å². The van der Waals surface area contributed by atoms with Gasteiger partial charge in [-0.05, 0) is 12.1 Å². The van der Waals surface area contributed by atoms with Crippen molar-refractivity contribution in [3.63, 3.8) is 0 Å². The summed E-state index contributed by atoms with van der Waals surface area (Å²) in [7, 11) is 1.62. The minimum atomic E-state index is -0.138. The summed E-state index contributed by atoms with van der Waals surface area (Å²) >= 11 is 2.70. The van der Waals surface area contributed by atoms with Crippen LogP contribution in [0.25, 0.3) is 11.4 Å². The lowest BCUT2D eigenvalue weighted by atomic mass is 10.2. The number of allylic oxidation sites excluding steroid dienone is 1. The SMILES string of the molecule is C=CCn1c(SCC(=O)Nc2nccs2)nnc1-c1cccc(OC)c1. The highest BCUT2D eigenvalue weighted by Gasteiger charge is 2.15. The monoisotopic (exact) mass is 387 g/mol. The van der Waals surface area contributed by atoms with E-state index in [0.29, 0.717) is 22.7 Å². The van der Waals surface area contributed by atoms with Gasteiger partial charge in [0, 0.05) is 23.7 Å². The molecule has 0 fully saturated rings. The van der Waals surface area contributed by atoms with Crippen molar-refractivity contribution in [1.29, 1.82) is 0 Å². The zero-order chi connectivity index (χ0) is 18.4. The molecule has 0 aliphatic heterocycles. The van der Waals surface area contributed by atoms with Gasteiger partial charge in [0.2, 0.25) is 5.91 Å². The predicted molar refractivity (Wildman–Crippen MR) is 104 cm³/mol. The first kappa shape index (κ1) is 18.2. The van der Waals surface area contributed by atoms with Crippen LogP contribution in [0.15, 0.2) is 53.7 Å². The first-order chi connectivity index (χ1) is 12.7. The molecule has 2 aromatic heterocycles. The van der Waals surface area contributed by atoms with E-state index < -0.39 is 0 Å². The molecule has 0 atom stereocenters. The minimum Gasteiger partial charge on any atom is -0.497 e. The number of thioether (sulfide) groups is 1. The summed E-state index contributed by atoms with van der Waals surface area (Å²) in [5.74, 6) is 1.52. The molecule has 7 nitrogen and oxygen atoms in total. The maximum Gasteiger partial charge on any atom is 0.236 e. The van der Waals surface area contributed by atoms with Crippen LogP contribution in [-0.4, -0.2) is 38.5 Å². The van der Waals surface area contributed by atoms with Crippen LogP contribution in [0.4, 0.5) is 5.13 Å². The van der Waals surface area contributed by atoms with Crippen LogP contribution in [0.1, 0.15) is 0 Å². The molecule has 0 saturated carbocycles. The first-order valence-corrected chi connectivity index (χ1v) is 9.58. The fourth-order valence-electron chi connectivity index (χ4n) is 2.24. The van der Waals surface area contributed by atoms with Gasteiger partial charge in [-0.25, -0.2) is 4.98 Å². The number of hydrogen-bond donors (Lipinski definition) is 1. The lowest BCUT2D eigenvalue weighted by Crippen LogP contribution is -2.14. The van der Waals surface area contributed by atoms with Crippen LogP contribution in [0.2, 0.25) is 0 Å². The van der Waals surface area contributed by atoms with Crippen LogP contribution in [0.5, 0.6) is 5.75 Å². The van der Waals surface area contributed by atoms with E-state index in [-0.39, 0.29) is 11.7 Å². The summed E-state index contributed by atoms with van der Waals surface area (Å²) in [5.41, 5.74) is 0.887. The Morgan fingerprint density at radius 1 is 1.46 bits per heavy atom. The summed E-state index contributed by atoms with van der Waals surface area (Å²) in [5, 5.41) is 14.3. The number of aromatic nitrogens is 4. The maximum absolute atomic E-state index is 12.1. The largest absolute Gasteiger partial charge is 0.497 e. The van der Waals surface area contributed by atoms with Gasteiger partial charge in [-0.15, -0.1) is 28.1 Å². The van der Waals surface area contributed by atoms with Crippen molar-refractivity contribution in [3.8, 4) is 17.1 Å². The van der Waals surface area contributed by atoms with Crippen LogP contribution in [-0.2, 0) is 11.3 Å². The molecule has 0 aliphatic rings. The number of benzene rings is 1. The molecular formula is C17H17N5O2S2. The number of nitrogens with one attached hydrogen (secondary N) is 1. The molecule has 2 heterocycles. The Morgan fingerprint density at radius 2 is 2.35 bits per heavy atom. The van der Waals surface area contributed by atoms with E-state index in [9.17, 15) is 4.79 Å². The molecule has 0 unspecified atom stereocenters. The number of anilines is 1. The van der Waals surface area contributed by atoms with Crippen LogP contribution >= 0.6 is 23.1 Å². The van der Waals surface area contributed by atoms with E-state index in [1.54, 1.807) is 19.4 Å². The van der Waals surface area contributed by atoms with E-state index in [2.05, 4.69) is 27.1 Å². The Bertz CT molecular complexity index is 892. The summed E-state index contributed by atoms with van der Waals surface area (Å²) in [6.07, 6.45) is 3.42. The molecule has 0 aliphatic carbocycles. The average Bonchev–Trinajstić information content (AvgIpc) is 3.30. The highest BCUT2D eigenvalue weighted by Crippen LogP contribution is 2.26. The fourth-order valence-corrected chi connectivity index (χ4v) is 3.53. The van der Waals surface area contributed by atoms with Gasteiger partial charge in [0.05, 0.1) is 12.9 Å². The Labute approximate surface area is 159 Å². The number of amides is 1. The van der Waals surface area contributed by atoms with Crippen molar-refractivity contribution in [1.82, 2.24) is 19.7 Å². The Hall–Kier alpha value is -2.65. The molecule has 0 radical (unpaired) electrons. The van der Waals surface area contributed by atoms with Crippen molar-refractivity contribution in [2.45, 2.75) is 11.7 Å². The number of carbonyl (C=O) groups excluding carboxylic acids is 1. The third kappa shape index (κ3) is 4.30. The summed E-state index contributed by atoms with van der Waals surface area (Å²) in [4.78, 5) is 16.1. The van der Waals surface area contributed by atoms with Gasteiger partial charge in [0.1, 0.15) is 5.75 Å². The fraction of sp³-hybridized carbons (Fsp3) is 0.176. The minimum absolute atomic E-state index is 0.138. The standard InChI is InChI=1S/C17H17N5O2S2/c1-3-8-22-15(12-5-4-6-13(10-12)24-2)20-21-17(22)26-11-14(23)19-16-18-7-9-25-16/h3-7,9-10H,1,8,11H2,2H3,(H,18,19,23). The second-order valence-corrected chi connectivity index (χ2v) is 6.95. The molecule has 3 aromatic rings. The second-order valence-electron chi connectivity index (χ2n) is 5.11. The number of ether oxygens (including phenoxy) is 1. The molecule has 134 valence electrons. The van der Waals surface area contributed by atoms with Gasteiger partial charge in [-0.1, -0.05) is 30.0 Å². The molecule has 0 spiro atoms. The van der Waals surface area contributed by atoms with E-state index in [1.165, 1.54) is 23.1 Å². The second kappa shape index (κ2) is 8.63. The third-order valence-electron chi connectivity index (χ3n) is 3.37. The number of thiazole rings is 1. The number of carbonyl (C=O) groups is 1. The zero-order valence-electron chi connectivity index (χ0n) is 14.1. The van der Waals surface area contributed by atoms with Crippen LogP contribution in [0, 0.1) is 0 Å². The molecule has 1 aromatic carbocycles. The topological polar surface area (TPSA) is 81.9 Å². The molecule has 0 saturated heterocycles. The highest BCUT2D eigenvalue weighted by atomic mass is 32.2. The summed E-state index contributed by atoms with van der Waals surface area (Å²) < 4.78 is 7.19. The van der Waals surface area contributed by atoms with E-state index in [0.717, 1.165) is 11.3 Å². The summed E-state index contributed by atoms with van der Waals surface area (Å²) in [6, 6.07) is 7.61. The van der Waals surface area contributed by atoms with Crippen LogP contribution in [0.3, 0.4) is 0 Å². The predicted octanol–water partition coefficient (Wildman–Crippen LogP) is 3.33. The normalized spacial score (nSPS) is 10.5. The van der Waals surface area contributed by atoms with Crippen molar-refractivity contribution in [2.24, 2.45) is 0 Å². The Balaban J connectivity index is 1.76. The Morgan fingerprint density at radius 3 is 3.08 bits per heavy atom. The molecule has 9 heteroatoms. The van der Waals surface area contributed by atoms with Gasteiger partial charge in [0.15, 0.2) is 16.1 Å². The smallest absolute Gasteiger partial charge is 0.236 e. The van der Waals surface area contributed by atoms with Gasteiger partial charge in [-0.2, -0.15) is 0 Å². The molecule has 1 N–H and O–H groups in total. The third-order valence-corrected chi connectivity index (χ3v) is 5.02. The number of hydrogen-bond acceptors (Lipinski definition) is 7. The van der Waals surface area contributed by atoms with Crippen molar-refractivity contribution >= 4 is 34.1 Å². The van der Waals surface area contributed by atoms with Crippen molar-refractivity contribution in [3.05, 3.63) is 48.5 Å². The van der Waals surface area contributed by atoms with Gasteiger partial charge < -0.3 is 10.1 Å². The molecule has 0 bridgehead atoms. The van der Waals surface area contributed by atoms with E-state index in [4.69, 9.17) is 4.74 Å². The van der Waals surface area contributed by atoms with E-state index in [1.807, 2.05) is 34.2 Å². The first-order valence-electron chi connectivity index (χ1n) is 7.72. The quantitative estimate of drug-likeness (QED) is 0.472. The summed E-state index contributed by atoms with van der Waals surface area (Å²) in [6.45, 7) is 4.33. The van der Waals surface area contributed by atoms with Crippen molar-refractivity contribution in [2.75, 3.05) is 18.2 Å². The van der Waals surface area contributed by atoms with Crippen LogP contribution < -0.4 is 10.1 Å². The number of rotatable bonds is 8. The molecular weight excluding hydrogens is 370 g/mol. The number of methoxy groups -OCH3 is 1. The highest BCUT2D eigenvalue weighted by molar-refractivity contribution is 7.99. The molecule has 1 amide bonds. The average molecular weight is 387 g/mol.